The zero-order valence-corrected chi connectivity index (χ0v) is 11.5. The molecule has 2 unspecified atom stereocenters. The van der Waals surface area contributed by atoms with Crippen LogP contribution in [0.2, 0.25) is 0 Å². The van der Waals surface area contributed by atoms with Gasteiger partial charge in [0.2, 0.25) is 0 Å². The molecule has 2 aliphatic carbocycles. The molecular weight excluding hydrogens is 210 g/mol. The lowest BCUT2D eigenvalue weighted by atomic mass is 9.75. The van der Waals surface area contributed by atoms with Crippen LogP contribution in [0.5, 0.6) is 0 Å². The van der Waals surface area contributed by atoms with E-state index in [1.54, 1.807) is 0 Å². The van der Waals surface area contributed by atoms with Crippen molar-refractivity contribution in [3.63, 3.8) is 0 Å². The molecule has 0 heterocycles. The van der Waals surface area contributed by atoms with Crippen LogP contribution < -0.4 is 5.32 Å². The molecule has 2 heteroatoms. The van der Waals surface area contributed by atoms with Crippen LogP contribution in [-0.4, -0.2) is 24.3 Å². The molecule has 0 radical (unpaired) electrons. The van der Waals surface area contributed by atoms with Gasteiger partial charge >= 0.3 is 0 Å². The fourth-order valence-electron chi connectivity index (χ4n) is 3.54. The first-order chi connectivity index (χ1) is 8.11. The van der Waals surface area contributed by atoms with Crippen LogP contribution >= 0.6 is 0 Å². The first-order valence-electron chi connectivity index (χ1n) is 7.45. The number of nitrogens with one attached hydrogen (secondary N) is 1. The van der Waals surface area contributed by atoms with Gasteiger partial charge in [0, 0.05) is 12.6 Å². The van der Waals surface area contributed by atoms with E-state index in [-0.39, 0.29) is 0 Å². The third-order valence-electron chi connectivity index (χ3n) is 5.06. The van der Waals surface area contributed by atoms with Crippen molar-refractivity contribution in [3.05, 3.63) is 0 Å². The third-order valence-corrected chi connectivity index (χ3v) is 5.06. The van der Waals surface area contributed by atoms with Gasteiger partial charge in [-0.2, -0.15) is 0 Å². The SMILES string of the molecule is CC1(C)CCC(NCC2CCCC2CO)CC1. The van der Waals surface area contributed by atoms with Gasteiger partial charge in [-0.1, -0.05) is 20.3 Å². The van der Waals surface area contributed by atoms with Gasteiger partial charge in [-0.25, -0.2) is 0 Å². The molecule has 0 bridgehead atoms. The minimum Gasteiger partial charge on any atom is -0.396 e. The fraction of sp³-hybridized carbons (Fsp3) is 1.00. The van der Waals surface area contributed by atoms with E-state index in [1.165, 1.54) is 44.9 Å². The van der Waals surface area contributed by atoms with Gasteiger partial charge in [-0.3, -0.25) is 0 Å². The van der Waals surface area contributed by atoms with E-state index >= 15 is 0 Å². The van der Waals surface area contributed by atoms with Gasteiger partial charge < -0.3 is 10.4 Å². The highest BCUT2D eigenvalue weighted by atomic mass is 16.3. The van der Waals surface area contributed by atoms with Crippen molar-refractivity contribution in [2.75, 3.05) is 13.2 Å². The molecule has 2 rings (SSSR count). The van der Waals surface area contributed by atoms with Crippen LogP contribution in [0.3, 0.4) is 0 Å². The summed E-state index contributed by atoms with van der Waals surface area (Å²) in [7, 11) is 0. The Hall–Kier alpha value is -0.0800. The molecule has 2 atom stereocenters. The Kier molecular flexibility index (Phi) is 4.48. The van der Waals surface area contributed by atoms with Gasteiger partial charge in [0.05, 0.1) is 0 Å². The highest BCUT2D eigenvalue weighted by molar-refractivity contribution is 4.84. The van der Waals surface area contributed by atoms with E-state index in [0.29, 0.717) is 17.9 Å². The Morgan fingerprint density at radius 1 is 1.06 bits per heavy atom. The summed E-state index contributed by atoms with van der Waals surface area (Å²) < 4.78 is 0. The predicted molar refractivity (Wildman–Crippen MR) is 72.0 cm³/mol. The Labute approximate surface area is 106 Å². The second-order valence-electron chi connectivity index (χ2n) is 6.98. The van der Waals surface area contributed by atoms with Crippen LogP contribution in [0.15, 0.2) is 0 Å². The van der Waals surface area contributed by atoms with Gasteiger partial charge in [-0.05, 0) is 62.3 Å². The first-order valence-corrected chi connectivity index (χ1v) is 7.45. The molecule has 17 heavy (non-hydrogen) atoms. The average molecular weight is 239 g/mol. The number of aliphatic hydroxyl groups excluding tert-OH is 1. The molecule has 2 N–H and O–H groups in total. The molecule has 2 fully saturated rings. The Morgan fingerprint density at radius 3 is 2.35 bits per heavy atom. The summed E-state index contributed by atoms with van der Waals surface area (Å²) in [4.78, 5) is 0. The van der Waals surface area contributed by atoms with Crippen molar-refractivity contribution in [2.45, 2.75) is 64.8 Å². The largest absolute Gasteiger partial charge is 0.396 e. The zero-order valence-electron chi connectivity index (χ0n) is 11.5. The predicted octanol–water partition coefficient (Wildman–Crippen LogP) is 2.95. The first kappa shape index (κ1) is 13.4. The summed E-state index contributed by atoms with van der Waals surface area (Å²) in [6.07, 6.45) is 9.26. The number of hydrogen-bond acceptors (Lipinski definition) is 2. The lowest BCUT2D eigenvalue weighted by Gasteiger charge is -2.35. The zero-order chi connectivity index (χ0) is 12.3. The Bertz CT molecular complexity index is 229. The molecule has 2 aliphatic rings. The van der Waals surface area contributed by atoms with Crippen molar-refractivity contribution >= 4 is 0 Å². The molecule has 0 aliphatic heterocycles. The molecule has 0 aromatic rings. The van der Waals surface area contributed by atoms with E-state index in [0.717, 1.165) is 18.5 Å². The quantitative estimate of drug-likeness (QED) is 0.790. The molecule has 0 aromatic carbocycles. The van der Waals surface area contributed by atoms with Crippen molar-refractivity contribution in [3.8, 4) is 0 Å². The molecule has 0 amide bonds. The van der Waals surface area contributed by atoms with Crippen molar-refractivity contribution in [2.24, 2.45) is 17.3 Å². The van der Waals surface area contributed by atoms with Crippen LogP contribution in [0.1, 0.15) is 58.8 Å². The van der Waals surface area contributed by atoms with E-state index in [1.807, 2.05) is 0 Å². The van der Waals surface area contributed by atoms with E-state index in [9.17, 15) is 5.11 Å². The maximum atomic E-state index is 9.31. The Balaban J connectivity index is 1.69. The minimum atomic E-state index is 0.393. The molecule has 2 nitrogen and oxygen atoms in total. The molecule has 0 spiro atoms. The Morgan fingerprint density at radius 2 is 1.71 bits per heavy atom. The topological polar surface area (TPSA) is 32.3 Å². The van der Waals surface area contributed by atoms with E-state index < -0.39 is 0 Å². The van der Waals surface area contributed by atoms with E-state index in [4.69, 9.17) is 0 Å². The maximum absolute atomic E-state index is 9.31. The maximum Gasteiger partial charge on any atom is 0.0462 e. The lowest BCUT2D eigenvalue weighted by Crippen LogP contribution is -2.39. The summed E-state index contributed by atoms with van der Waals surface area (Å²) >= 11 is 0. The summed E-state index contributed by atoms with van der Waals surface area (Å²) in [5.74, 6) is 1.30. The van der Waals surface area contributed by atoms with Crippen LogP contribution in [0.4, 0.5) is 0 Å². The van der Waals surface area contributed by atoms with E-state index in [2.05, 4.69) is 19.2 Å². The van der Waals surface area contributed by atoms with Gasteiger partial charge in [-0.15, -0.1) is 0 Å². The van der Waals surface area contributed by atoms with Gasteiger partial charge in [0.25, 0.3) is 0 Å². The second kappa shape index (κ2) is 5.71. The van der Waals surface area contributed by atoms with Crippen LogP contribution in [-0.2, 0) is 0 Å². The van der Waals surface area contributed by atoms with Crippen molar-refractivity contribution in [1.82, 2.24) is 5.32 Å². The highest BCUT2D eigenvalue weighted by Gasteiger charge is 2.29. The smallest absolute Gasteiger partial charge is 0.0462 e. The molecule has 100 valence electrons. The summed E-state index contributed by atoms with van der Waals surface area (Å²) in [5.41, 5.74) is 0.569. The van der Waals surface area contributed by atoms with Crippen LogP contribution in [0, 0.1) is 17.3 Å². The summed E-state index contributed by atoms with van der Waals surface area (Å²) in [6, 6.07) is 0.739. The minimum absolute atomic E-state index is 0.393. The molecule has 2 saturated carbocycles. The molecular formula is C15H29NO. The number of aliphatic hydroxyl groups is 1. The lowest BCUT2D eigenvalue weighted by molar-refractivity contribution is 0.175. The van der Waals surface area contributed by atoms with Crippen molar-refractivity contribution in [1.29, 1.82) is 0 Å². The van der Waals surface area contributed by atoms with Crippen molar-refractivity contribution < 1.29 is 5.11 Å². The van der Waals surface area contributed by atoms with Gasteiger partial charge in [0.15, 0.2) is 0 Å². The third kappa shape index (κ3) is 3.69. The van der Waals surface area contributed by atoms with Gasteiger partial charge in [0.1, 0.15) is 0 Å². The highest BCUT2D eigenvalue weighted by Crippen LogP contribution is 2.36. The number of hydrogen-bond donors (Lipinski definition) is 2. The standard InChI is InChI=1S/C15H29NO/c1-15(2)8-6-14(7-9-15)16-10-12-4-3-5-13(12)11-17/h12-14,16-17H,3-11H2,1-2H3. The second-order valence-corrected chi connectivity index (χ2v) is 6.98. The summed E-state index contributed by atoms with van der Waals surface area (Å²) in [6.45, 7) is 6.31. The number of rotatable bonds is 4. The summed E-state index contributed by atoms with van der Waals surface area (Å²) in [5, 5.41) is 13.1. The van der Waals surface area contributed by atoms with Crippen LogP contribution in [0.25, 0.3) is 0 Å². The monoisotopic (exact) mass is 239 g/mol. The normalized spacial score (nSPS) is 34.1. The molecule has 0 saturated heterocycles. The fourth-order valence-corrected chi connectivity index (χ4v) is 3.54. The molecule has 0 aromatic heterocycles. The average Bonchev–Trinajstić information content (AvgIpc) is 2.75.